The Kier molecular flexibility index (Phi) is 7.13. The molecule has 1 atom stereocenters. The Labute approximate surface area is 220 Å². The largest absolute Gasteiger partial charge is 0.507 e. The fourth-order valence-corrected chi connectivity index (χ4v) is 4.68. The van der Waals surface area contributed by atoms with Gasteiger partial charge in [-0.2, -0.15) is 0 Å². The number of furan rings is 1. The number of rotatable bonds is 9. The van der Waals surface area contributed by atoms with E-state index >= 15 is 0 Å². The van der Waals surface area contributed by atoms with Crippen molar-refractivity contribution in [3.05, 3.63) is 113 Å². The van der Waals surface area contributed by atoms with E-state index in [0.29, 0.717) is 49.0 Å². The maximum atomic E-state index is 13.2. The molecule has 0 bridgehead atoms. The van der Waals surface area contributed by atoms with Gasteiger partial charge in [0, 0.05) is 31.0 Å². The van der Waals surface area contributed by atoms with Gasteiger partial charge in [0.1, 0.15) is 35.7 Å². The number of aryl methyl sites for hydroxylation is 3. The highest BCUT2D eigenvalue weighted by Crippen LogP contribution is 2.40. The van der Waals surface area contributed by atoms with Crippen molar-refractivity contribution >= 4 is 17.4 Å². The monoisotopic (exact) mass is 511 g/mol. The topological polar surface area (TPSA) is 97.8 Å². The lowest BCUT2D eigenvalue weighted by Gasteiger charge is -2.23. The molecule has 1 saturated heterocycles. The molecule has 1 amide bonds. The third-order valence-corrected chi connectivity index (χ3v) is 6.56. The predicted octanol–water partition coefficient (Wildman–Crippen LogP) is 5.18. The van der Waals surface area contributed by atoms with Crippen LogP contribution in [-0.2, 0) is 22.7 Å². The highest BCUT2D eigenvalue weighted by atomic mass is 16.5. The Morgan fingerprint density at radius 2 is 1.87 bits per heavy atom. The molecule has 1 N–H and O–H groups in total. The van der Waals surface area contributed by atoms with Gasteiger partial charge in [0.25, 0.3) is 11.7 Å². The van der Waals surface area contributed by atoms with Crippen LogP contribution in [0.15, 0.2) is 89.4 Å². The van der Waals surface area contributed by atoms with E-state index in [4.69, 9.17) is 9.15 Å². The number of ketones is 1. The van der Waals surface area contributed by atoms with Crippen molar-refractivity contribution in [3.8, 4) is 5.75 Å². The van der Waals surface area contributed by atoms with Crippen LogP contribution in [0.4, 0.5) is 0 Å². The molecule has 4 aromatic rings. The minimum absolute atomic E-state index is 0.0143. The molecule has 8 heteroatoms. The summed E-state index contributed by atoms with van der Waals surface area (Å²) < 4.78 is 13.6. The minimum atomic E-state index is -0.816. The lowest BCUT2D eigenvalue weighted by Crippen LogP contribution is -2.31. The van der Waals surface area contributed by atoms with E-state index in [9.17, 15) is 14.7 Å². The van der Waals surface area contributed by atoms with Crippen LogP contribution < -0.4 is 4.74 Å². The first-order valence-corrected chi connectivity index (χ1v) is 12.5. The molecule has 8 nitrogen and oxygen atoms in total. The first-order valence-electron chi connectivity index (χ1n) is 12.5. The van der Waals surface area contributed by atoms with E-state index in [0.717, 1.165) is 11.1 Å². The first kappa shape index (κ1) is 25.1. The van der Waals surface area contributed by atoms with Gasteiger partial charge in [-0.15, -0.1) is 0 Å². The summed E-state index contributed by atoms with van der Waals surface area (Å²) in [5.74, 6) is 0.0763. The van der Waals surface area contributed by atoms with Gasteiger partial charge < -0.3 is 23.7 Å². The van der Waals surface area contributed by atoms with Gasteiger partial charge in [0.2, 0.25) is 0 Å². The van der Waals surface area contributed by atoms with Gasteiger partial charge in [0.15, 0.2) is 0 Å². The number of ether oxygens (including phenoxy) is 1. The molecule has 1 aliphatic heterocycles. The van der Waals surface area contributed by atoms with E-state index < -0.39 is 17.7 Å². The van der Waals surface area contributed by atoms with Crippen LogP contribution in [0.1, 0.15) is 40.7 Å². The van der Waals surface area contributed by atoms with Crippen molar-refractivity contribution in [3.63, 3.8) is 0 Å². The third kappa shape index (κ3) is 5.25. The van der Waals surface area contributed by atoms with Gasteiger partial charge in [-0.25, -0.2) is 4.98 Å². The second-order valence-corrected chi connectivity index (χ2v) is 9.40. The quantitative estimate of drug-likeness (QED) is 0.189. The van der Waals surface area contributed by atoms with E-state index in [2.05, 4.69) is 11.1 Å². The molecule has 0 aliphatic carbocycles. The lowest BCUT2D eigenvalue weighted by molar-refractivity contribution is -0.140. The van der Waals surface area contributed by atoms with Crippen LogP contribution >= 0.6 is 0 Å². The van der Waals surface area contributed by atoms with Gasteiger partial charge in [-0.05, 0) is 62.2 Å². The molecule has 0 radical (unpaired) electrons. The number of aliphatic hydroxyl groups is 1. The zero-order valence-electron chi connectivity index (χ0n) is 21.3. The number of amides is 1. The molecule has 0 saturated carbocycles. The number of benzene rings is 2. The van der Waals surface area contributed by atoms with Gasteiger partial charge in [-0.1, -0.05) is 29.8 Å². The maximum absolute atomic E-state index is 13.2. The highest BCUT2D eigenvalue weighted by Gasteiger charge is 2.47. The SMILES string of the molecule is Cc1cccc(COc2ccc(C(O)=C3C(=O)C(=O)N(CCCn4ccnc4)[C@@H]3c3ccc(C)o3)cc2)c1. The van der Waals surface area contributed by atoms with Crippen LogP contribution in [-0.4, -0.2) is 37.8 Å². The Balaban J connectivity index is 1.39. The van der Waals surface area contributed by atoms with Crippen molar-refractivity contribution < 1.29 is 23.8 Å². The normalized spacial score (nSPS) is 16.8. The van der Waals surface area contributed by atoms with Gasteiger partial charge >= 0.3 is 0 Å². The molecule has 2 aromatic heterocycles. The van der Waals surface area contributed by atoms with Crippen molar-refractivity contribution in [1.29, 1.82) is 0 Å². The number of carbonyl (C=O) groups is 2. The Hall–Kier alpha value is -4.59. The molecular weight excluding hydrogens is 482 g/mol. The summed E-state index contributed by atoms with van der Waals surface area (Å²) in [4.78, 5) is 31.8. The number of imidazole rings is 1. The standard InChI is InChI=1S/C30H29N3O5/c1-20-5-3-6-22(17-20)18-37-24-10-8-23(9-11-24)28(34)26-27(25-12-7-21(2)38-25)33(30(36)29(26)35)15-4-14-32-16-13-31-19-32/h3,5-13,16-17,19,27,34H,4,14-15,18H2,1-2H3/t27-/m1/s1. The third-order valence-electron chi connectivity index (χ3n) is 6.56. The molecule has 3 heterocycles. The van der Waals surface area contributed by atoms with Gasteiger partial charge in [0.05, 0.1) is 11.9 Å². The summed E-state index contributed by atoms with van der Waals surface area (Å²) in [5.41, 5.74) is 2.64. The molecule has 2 aromatic carbocycles. The zero-order chi connectivity index (χ0) is 26.6. The number of likely N-dealkylation sites (tertiary alicyclic amines) is 1. The van der Waals surface area contributed by atoms with Crippen LogP contribution in [0.25, 0.3) is 5.76 Å². The summed E-state index contributed by atoms with van der Waals surface area (Å²) in [6.45, 7) is 5.19. The second kappa shape index (κ2) is 10.8. The Morgan fingerprint density at radius 1 is 1.05 bits per heavy atom. The van der Waals surface area contributed by atoms with Crippen LogP contribution in [0.2, 0.25) is 0 Å². The maximum Gasteiger partial charge on any atom is 0.295 e. The number of Topliss-reactive ketones (excluding diaryl/α,β-unsaturated/α-hetero) is 1. The predicted molar refractivity (Wildman–Crippen MR) is 141 cm³/mol. The Morgan fingerprint density at radius 3 is 2.55 bits per heavy atom. The fourth-order valence-electron chi connectivity index (χ4n) is 4.68. The molecular formula is C30H29N3O5. The van der Waals surface area contributed by atoms with Crippen LogP contribution in [0, 0.1) is 13.8 Å². The average Bonchev–Trinajstić information content (AvgIpc) is 3.64. The molecule has 1 aliphatic rings. The van der Waals surface area contributed by atoms with E-state index in [1.807, 2.05) is 35.9 Å². The van der Waals surface area contributed by atoms with E-state index in [1.165, 1.54) is 4.90 Å². The molecule has 1 fully saturated rings. The molecule has 0 unspecified atom stereocenters. The van der Waals surface area contributed by atoms with Gasteiger partial charge in [-0.3, -0.25) is 9.59 Å². The molecule has 5 rings (SSSR count). The molecule has 0 spiro atoms. The fraction of sp³-hybridized carbons (Fsp3) is 0.233. The van der Waals surface area contributed by atoms with Crippen LogP contribution in [0.5, 0.6) is 5.75 Å². The molecule has 194 valence electrons. The number of hydrogen-bond donors (Lipinski definition) is 1. The molecule has 38 heavy (non-hydrogen) atoms. The van der Waals surface area contributed by atoms with E-state index in [1.54, 1.807) is 55.8 Å². The average molecular weight is 512 g/mol. The van der Waals surface area contributed by atoms with E-state index in [-0.39, 0.29) is 11.3 Å². The van der Waals surface area contributed by atoms with Crippen molar-refractivity contribution in [2.24, 2.45) is 0 Å². The smallest absolute Gasteiger partial charge is 0.295 e. The summed E-state index contributed by atoms with van der Waals surface area (Å²) in [6, 6.07) is 17.6. The summed E-state index contributed by atoms with van der Waals surface area (Å²) in [6.07, 6.45) is 5.84. The highest BCUT2D eigenvalue weighted by molar-refractivity contribution is 6.46. The summed E-state index contributed by atoms with van der Waals surface area (Å²) in [7, 11) is 0. The summed E-state index contributed by atoms with van der Waals surface area (Å²) >= 11 is 0. The summed E-state index contributed by atoms with van der Waals surface area (Å²) in [5, 5.41) is 11.3. The second-order valence-electron chi connectivity index (χ2n) is 9.40. The minimum Gasteiger partial charge on any atom is -0.507 e. The zero-order valence-corrected chi connectivity index (χ0v) is 21.3. The number of aromatic nitrogens is 2. The lowest BCUT2D eigenvalue weighted by atomic mass is 9.99. The van der Waals surface area contributed by atoms with Crippen molar-refractivity contribution in [2.45, 2.75) is 39.5 Å². The van der Waals surface area contributed by atoms with Crippen molar-refractivity contribution in [2.75, 3.05) is 6.54 Å². The van der Waals surface area contributed by atoms with Crippen molar-refractivity contribution in [1.82, 2.24) is 14.5 Å². The number of hydrogen-bond acceptors (Lipinski definition) is 6. The first-order chi connectivity index (χ1) is 18.4. The Bertz CT molecular complexity index is 1470. The van der Waals surface area contributed by atoms with Crippen LogP contribution in [0.3, 0.4) is 0 Å². The number of nitrogens with zero attached hydrogens (tertiary/aromatic N) is 3. The number of aliphatic hydroxyl groups excluding tert-OH is 1. The number of carbonyl (C=O) groups excluding carboxylic acids is 2.